The van der Waals surface area contributed by atoms with Crippen LogP contribution in [0.25, 0.3) is 4.85 Å². The van der Waals surface area contributed by atoms with Crippen LogP contribution in [0, 0.1) is 6.57 Å². The number of hydrogen-bond donors (Lipinski definition) is 0. The highest BCUT2D eigenvalue weighted by atomic mass is 15.1. The van der Waals surface area contributed by atoms with Crippen molar-refractivity contribution in [1.82, 2.24) is 0 Å². The van der Waals surface area contributed by atoms with Gasteiger partial charge in [0.05, 0.1) is 5.56 Å². The molecule has 0 saturated carbocycles. The quantitative estimate of drug-likeness (QED) is 0.602. The summed E-state index contributed by atoms with van der Waals surface area (Å²) in [5.41, 5.74) is 2.23. The molecule has 0 saturated heterocycles. The van der Waals surface area contributed by atoms with E-state index in [1.165, 1.54) is 0 Å². The molecule has 0 aromatic heterocycles. The first kappa shape index (κ1) is 8.61. The lowest BCUT2D eigenvalue weighted by Crippen LogP contribution is -2.10. The van der Waals surface area contributed by atoms with Crippen molar-refractivity contribution < 1.29 is 0 Å². The van der Waals surface area contributed by atoms with Crippen molar-refractivity contribution in [3.8, 4) is 0 Å². The van der Waals surface area contributed by atoms with E-state index in [2.05, 4.69) is 4.85 Å². The summed E-state index contributed by atoms with van der Waals surface area (Å²) in [6.07, 6.45) is 0. The van der Waals surface area contributed by atoms with Crippen molar-refractivity contribution in [3.63, 3.8) is 0 Å². The number of nitrogens with zero attached hydrogens (tertiary/aromatic N) is 2. The van der Waals surface area contributed by atoms with Gasteiger partial charge in [-0.05, 0) is 12.1 Å². The van der Waals surface area contributed by atoms with Gasteiger partial charge in [-0.2, -0.15) is 0 Å². The van der Waals surface area contributed by atoms with Crippen LogP contribution in [-0.4, -0.2) is 14.1 Å². The lowest BCUT2D eigenvalue weighted by atomic mass is 10.1. The first-order chi connectivity index (χ1) is 5.75. The highest BCUT2D eigenvalue weighted by molar-refractivity contribution is 5.52. The highest BCUT2D eigenvalue weighted by Crippen LogP contribution is 2.18. The maximum atomic E-state index is 6.78. The van der Waals surface area contributed by atoms with Gasteiger partial charge in [0.25, 0.3) is 0 Å². The Balaban J connectivity index is 3.02. The Kier molecular flexibility index (Phi) is 2.71. The zero-order valence-corrected chi connectivity index (χ0v) is 7.41. The van der Waals surface area contributed by atoms with Crippen molar-refractivity contribution in [1.29, 1.82) is 0 Å². The van der Waals surface area contributed by atoms with Crippen LogP contribution in [0.15, 0.2) is 24.3 Å². The van der Waals surface area contributed by atoms with Crippen LogP contribution < -0.4 is 4.90 Å². The number of benzene rings is 1. The molecule has 0 unspecified atom stereocenters. The highest BCUT2D eigenvalue weighted by Gasteiger charge is 2.03. The second-order valence-corrected chi connectivity index (χ2v) is 2.84. The molecule has 1 aromatic rings. The third-order valence-corrected chi connectivity index (χ3v) is 1.72. The van der Waals surface area contributed by atoms with Crippen molar-refractivity contribution >= 4 is 5.69 Å². The molecule has 0 atom stereocenters. The van der Waals surface area contributed by atoms with Crippen LogP contribution in [0.2, 0.25) is 0 Å². The number of anilines is 1. The maximum Gasteiger partial charge on any atom is 0.241 e. The largest absolute Gasteiger partial charge is 0.377 e. The fraction of sp³-hybridized carbons (Fsp3) is 0.300. The molecule has 1 rings (SSSR count). The summed E-state index contributed by atoms with van der Waals surface area (Å²) < 4.78 is 0. The van der Waals surface area contributed by atoms with E-state index in [1.807, 2.05) is 43.3 Å². The van der Waals surface area contributed by atoms with Gasteiger partial charge < -0.3 is 9.74 Å². The summed E-state index contributed by atoms with van der Waals surface area (Å²) in [5, 5.41) is 0. The molecule has 0 radical (unpaired) electrons. The van der Waals surface area contributed by atoms with E-state index in [-0.39, 0.29) is 0 Å². The molecule has 0 aliphatic heterocycles. The monoisotopic (exact) mass is 160 g/mol. The minimum atomic E-state index is 0.467. The molecule has 0 N–H and O–H groups in total. The molecule has 12 heavy (non-hydrogen) atoms. The summed E-state index contributed by atoms with van der Waals surface area (Å²) >= 11 is 0. The van der Waals surface area contributed by atoms with Crippen LogP contribution in [0.3, 0.4) is 0 Å². The Labute approximate surface area is 73.3 Å². The Morgan fingerprint density at radius 2 is 2.00 bits per heavy atom. The van der Waals surface area contributed by atoms with Gasteiger partial charge in [0.2, 0.25) is 6.54 Å². The van der Waals surface area contributed by atoms with Crippen molar-refractivity contribution in [2.75, 3.05) is 19.0 Å². The average molecular weight is 160 g/mol. The van der Waals surface area contributed by atoms with Gasteiger partial charge in [0.1, 0.15) is 0 Å². The lowest BCUT2D eigenvalue weighted by Gasteiger charge is -2.14. The SMILES string of the molecule is [C-]#[N+]Cc1ccccc1N(C)C. The molecule has 1 aromatic carbocycles. The third-order valence-electron chi connectivity index (χ3n) is 1.72. The van der Waals surface area contributed by atoms with Gasteiger partial charge in [-0.15, -0.1) is 0 Å². The molecule has 0 bridgehead atoms. The Bertz CT molecular complexity index is 297. The van der Waals surface area contributed by atoms with Crippen molar-refractivity contribution in [2.24, 2.45) is 0 Å². The predicted molar refractivity (Wildman–Crippen MR) is 51.1 cm³/mol. The van der Waals surface area contributed by atoms with Gasteiger partial charge in [-0.3, -0.25) is 0 Å². The molecule has 0 fully saturated rings. The van der Waals surface area contributed by atoms with Crippen LogP contribution in [0.4, 0.5) is 5.69 Å². The lowest BCUT2D eigenvalue weighted by molar-refractivity contribution is 1.09. The fourth-order valence-electron chi connectivity index (χ4n) is 1.17. The molecular formula is C10H12N2. The van der Waals surface area contributed by atoms with E-state index >= 15 is 0 Å². The third kappa shape index (κ3) is 1.76. The van der Waals surface area contributed by atoms with Gasteiger partial charge in [0.15, 0.2) is 0 Å². The van der Waals surface area contributed by atoms with Gasteiger partial charge >= 0.3 is 0 Å². The standard InChI is InChI=1S/C10H12N2/c1-11-8-9-6-4-5-7-10(9)12(2)3/h4-7H,8H2,2-3H3. The molecular weight excluding hydrogens is 148 g/mol. The maximum absolute atomic E-state index is 6.78. The van der Waals surface area contributed by atoms with Gasteiger partial charge in [-0.25, -0.2) is 6.57 Å². The Hall–Kier alpha value is -1.49. The minimum absolute atomic E-state index is 0.467. The molecule has 2 heteroatoms. The molecule has 2 nitrogen and oxygen atoms in total. The molecule has 62 valence electrons. The van der Waals surface area contributed by atoms with E-state index in [1.54, 1.807) is 0 Å². The average Bonchev–Trinajstić information content (AvgIpc) is 2.05. The first-order valence-corrected chi connectivity index (χ1v) is 3.84. The summed E-state index contributed by atoms with van der Waals surface area (Å²) in [6.45, 7) is 7.25. The Morgan fingerprint density at radius 3 is 2.58 bits per heavy atom. The fourth-order valence-corrected chi connectivity index (χ4v) is 1.17. The number of rotatable bonds is 2. The van der Waals surface area contributed by atoms with Gasteiger partial charge in [-0.1, -0.05) is 12.1 Å². The van der Waals surface area contributed by atoms with E-state index in [0.717, 1.165) is 11.3 Å². The van der Waals surface area contributed by atoms with E-state index in [4.69, 9.17) is 6.57 Å². The predicted octanol–water partition coefficient (Wildman–Crippen LogP) is 2.17. The van der Waals surface area contributed by atoms with Crippen LogP contribution in [-0.2, 0) is 6.54 Å². The number of hydrogen-bond acceptors (Lipinski definition) is 1. The second kappa shape index (κ2) is 3.77. The number of para-hydroxylation sites is 1. The van der Waals surface area contributed by atoms with Crippen LogP contribution in [0.1, 0.15) is 5.56 Å². The van der Waals surface area contributed by atoms with E-state index < -0.39 is 0 Å². The van der Waals surface area contributed by atoms with Crippen LogP contribution >= 0.6 is 0 Å². The molecule has 0 aliphatic rings. The second-order valence-electron chi connectivity index (χ2n) is 2.84. The summed E-state index contributed by atoms with van der Waals surface area (Å²) in [5.74, 6) is 0. The summed E-state index contributed by atoms with van der Waals surface area (Å²) in [4.78, 5) is 5.40. The van der Waals surface area contributed by atoms with E-state index in [9.17, 15) is 0 Å². The normalized spacial score (nSPS) is 9.08. The smallest absolute Gasteiger partial charge is 0.241 e. The molecule has 0 amide bonds. The topological polar surface area (TPSA) is 7.60 Å². The van der Waals surface area contributed by atoms with Crippen molar-refractivity contribution in [2.45, 2.75) is 6.54 Å². The van der Waals surface area contributed by atoms with Crippen LogP contribution in [0.5, 0.6) is 0 Å². The summed E-state index contributed by atoms with van der Waals surface area (Å²) in [6, 6.07) is 7.98. The van der Waals surface area contributed by atoms with E-state index in [0.29, 0.717) is 6.54 Å². The minimum Gasteiger partial charge on any atom is -0.377 e. The van der Waals surface area contributed by atoms with Gasteiger partial charge in [0, 0.05) is 19.8 Å². The molecule has 0 heterocycles. The first-order valence-electron chi connectivity index (χ1n) is 3.84. The molecule has 0 aliphatic carbocycles. The molecule has 0 spiro atoms. The zero-order valence-electron chi connectivity index (χ0n) is 7.41. The Morgan fingerprint density at radius 1 is 1.33 bits per heavy atom. The zero-order chi connectivity index (χ0) is 8.97. The summed E-state index contributed by atoms with van der Waals surface area (Å²) in [7, 11) is 3.98. The van der Waals surface area contributed by atoms with Crippen molar-refractivity contribution in [3.05, 3.63) is 41.2 Å².